The van der Waals surface area contributed by atoms with Crippen LogP contribution in [-0.2, 0) is 19.3 Å². The minimum absolute atomic E-state index is 1.12. The van der Waals surface area contributed by atoms with E-state index in [4.69, 9.17) is 0 Å². The Morgan fingerprint density at radius 2 is 1.44 bits per heavy atom. The third-order valence-electron chi connectivity index (χ3n) is 5.29. The molecule has 0 bridgehead atoms. The van der Waals surface area contributed by atoms with Gasteiger partial charge in [0.1, 0.15) is 0 Å². The van der Waals surface area contributed by atoms with Crippen LogP contribution in [0.25, 0.3) is 11.1 Å². The van der Waals surface area contributed by atoms with Crippen LogP contribution in [0.3, 0.4) is 0 Å². The number of benzene rings is 2. The van der Waals surface area contributed by atoms with Crippen LogP contribution in [0.4, 0.5) is 0 Å². The van der Waals surface area contributed by atoms with Gasteiger partial charge in [-0.3, -0.25) is 0 Å². The zero-order valence-corrected chi connectivity index (χ0v) is 16.3. The molecule has 2 nitrogen and oxygen atoms in total. The van der Waals surface area contributed by atoms with Gasteiger partial charge in [0.25, 0.3) is 0 Å². The van der Waals surface area contributed by atoms with Crippen LogP contribution < -0.4 is 0 Å². The predicted molar refractivity (Wildman–Crippen MR) is 108 cm³/mol. The van der Waals surface area contributed by atoms with E-state index in [9.17, 15) is 0 Å². The van der Waals surface area contributed by atoms with E-state index in [-0.39, 0.29) is 0 Å². The molecule has 0 unspecified atom stereocenters. The first-order valence-electron chi connectivity index (χ1n) is 9.57. The van der Waals surface area contributed by atoms with Gasteiger partial charge in [0, 0.05) is 0 Å². The molecule has 0 saturated carbocycles. The van der Waals surface area contributed by atoms with Crippen molar-refractivity contribution in [1.82, 2.24) is 9.80 Å². The van der Waals surface area contributed by atoms with Gasteiger partial charge in [0.2, 0.25) is 0 Å². The highest BCUT2D eigenvalue weighted by atomic mass is 15.0. The van der Waals surface area contributed by atoms with E-state index in [1.54, 1.807) is 16.7 Å². The molecule has 25 heavy (non-hydrogen) atoms. The molecule has 1 aliphatic rings. The number of hydrogen-bond donors (Lipinski definition) is 0. The Balaban J connectivity index is 1.87. The highest BCUT2D eigenvalue weighted by Crippen LogP contribution is 2.39. The summed E-state index contributed by atoms with van der Waals surface area (Å²) in [5.74, 6) is 0. The summed E-state index contributed by atoms with van der Waals surface area (Å²) < 4.78 is 0. The average molecular weight is 337 g/mol. The summed E-state index contributed by atoms with van der Waals surface area (Å²) in [6.07, 6.45) is 5.98. The molecule has 0 radical (unpaired) electrons. The first kappa shape index (κ1) is 18.2. The van der Waals surface area contributed by atoms with E-state index in [0.717, 1.165) is 19.5 Å². The lowest BCUT2D eigenvalue weighted by molar-refractivity contribution is 0.397. The Bertz CT molecular complexity index is 716. The van der Waals surface area contributed by atoms with E-state index < -0.39 is 0 Å². The molecule has 1 aliphatic carbocycles. The van der Waals surface area contributed by atoms with E-state index in [2.05, 4.69) is 74.4 Å². The molecule has 0 atom stereocenters. The van der Waals surface area contributed by atoms with Crippen LogP contribution in [0.15, 0.2) is 36.4 Å². The molecule has 0 heterocycles. The van der Waals surface area contributed by atoms with Gasteiger partial charge in [-0.1, -0.05) is 36.4 Å². The number of rotatable bonds is 8. The zero-order chi connectivity index (χ0) is 17.8. The van der Waals surface area contributed by atoms with Crippen molar-refractivity contribution in [1.29, 1.82) is 0 Å². The van der Waals surface area contributed by atoms with Crippen molar-refractivity contribution in [2.45, 2.75) is 32.1 Å². The number of fused-ring (bicyclic) bond motifs is 3. The fourth-order valence-electron chi connectivity index (χ4n) is 4.03. The second-order valence-corrected chi connectivity index (χ2v) is 7.88. The first-order valence-corrected chi connectivity index (χ1v) is 9.57. The van der Waals surface area contributed by atoms with Gasteiger partial charge in [-0.05, 0) is 107 Å². The Labute approximate surface area is 153 Å². The molecule has 0 N–H and O–H groups in total. The maximum atomic E-state index is 2.40. The molecule has 134 valence electrons. The van der Waals surface area contributed by atoms with Crippen molar-refractivity contribution in [3.8, 4) is 11.1 Å². The van der Waals surface area contributed by atoms with Crippen LogP contribution in [-0.4, -0.2) is 51.1 Å². The normalized spacial score (nSPS) is 12.7. The third kappa shape index (κ3) is 4.31. The fourth-order valence-corrected chi connectivity index (χ4v) is 4.03. The first-order chi connectivity index (χ1) is 12.1. The molecule has 0 aromatic heterocycles. The third-order valence-corrected chi connectivity index (χ3v) is 5.29. The number of aryl methyl sites for hydroxylation is 1. The average Bonchev–Trinajstić information content (AvgIpc) is 2.94. The van der Waals surface area contributed by atoms with Gasteiger partial charge in [-0.15, -0.1) is 0 Å². The van der Waals surface area contributed by atoms with E-state index in [1.165, 1.54) is 42.4 Å². The molecular formula is C23H32N2. The van der Waals surface area contributed by atoms with Crippen molar-refractivity contribution in [2.75, 3.05) is 41.3 Å². The standard InChI is InChI=1S/C23H32N2/c1-24(2)15-7-10-18-13-14-22-21-11-6-5-9-19(21)17-23(22)20(18)12-8-16-25(3)4/h5-6,9,11,13-14H,7-8,10,12,15-17H2,1-4H3. The summed E-state index contributed by atoms with van der Waals surface area (Å²) >= 11 is 0. The highest BCUT2D eigenvalue weighted by molar-refractivity contribution is 5.78. The minimum Gasteiger partial charge on any atom is -0.309 e. The van der Waals surface area contributed by atoms with Gasteiger partial charge in [-0.25, -0.2) is 0 Å². The summed E-state index contributed by atoms with van der Waals surface area (Å²) in [6, 6.07) is 13.7. The van der Waals surface area contributed by atoms with Gasteiger partial charge < -0.3 is 9.80 Å². The van der Waals surface area contributed by atoms with Crippen LogP contribution in [0.1, 0.15) is 35.1 Å². The highest BCUT2D eigenvalue weighted by Gasteiger charge is 2.22. The topological polar surface area (TPSA) is 6.48 Å². The van der Waals surface area contributed by atoms with Crippen LogP contribution in [0.2, 0.25) is 0 Å². The van der Waals surface area contributed by atoms with E-state index in [1.807, 2.05) is 0 Å². The second kappa shape index (κ2) is 8.16. The summed E-state index contributed by atoms with van der Waals surface area (Å²) in [4.78, 5) is 4.58. The maximum absolute atomic E-state index is 2.40. The second-order valence-electron chi connectivity index (χ2n) is 7.88. The van der Waals surface area contributed by atoms with Crippen LogP contribution in [0, 0.1) is 0 Å². The van der Waals surface area contributed by atoms with Crippen molar-refractivity contribution in [3.05, 3.63) is 58.7 Å². The smallest absolute Gasteiger partial charge is 0.00106 e. The summed E-state index contributed by atoms with van der Waals surface area (Å²) in [6.45, 7) is 2.32. The van der Waals surface area contributed by atoms with Crippen molar-refractivity contribution in [3.63, 3.8) is 0 Å². The minimum atomic E-state index is 1.12. The Hall–Kier alpha value is -1.64. The molecule has 0 spiro atoms. The lowest BCUT2D eigenvalue weighted by atomic mass is 9.91. The fraction of sp³-hybridized carbons (Fsp3) is 0.478. The molecular weight excluding hydrogens is 304 g/mol. The molecule has 2 aromatic rings. The predicted octanol–water partition coefficient (Wildman–Crippen LogP) is 4.25. The van der Waals surface area contributed by atoms with Gasteiger partial charge >= 0.3 is 0 Å². The van der Waals surface area contributed by atoms with Gasteiger partial charge in [0.15, 0.2) is 0 Å². The zero-order valence-electron chi connectivity index (χ0n) is 16.3. The molecule has 3 rings (SSSR count). The summed E-state index contributed by atoms with van der Waals surface area (Å²) in [7, 11) is 8.67. The largest absolute Gasteiger partial charge is 0.309 e. The van der Waals surface area contributed by atoms with Crippen molar-refractivity contribution in [2.24, 2.45) is 0 Å². The lowest BCUT2D eigenvalue weighted by Crippen LogP contribution is -2.15. The summed E-state index contributed by atoms with van der Waals surface area (Å²) in [5, 5.41) is 0. The Morgan fingerprint density at radius 3 is 2.16 bits per heavy atom. The SMILES string of the molecule is CN(C)CCCc1ccc2c(c1CCCN(C)C)Cc1ccccc1-2. The van der Waals surface area contributed by atoms with Crippen molar-refractivity contribution >= 4 is 0 Å². The molecule has 0 saturated heterocycles. The van der Waals surface area contributed by atoms with Crippen molar-refractivity contribution < 1.29 is 0 Å². The number of hydrogen-bond acceptors (Lipinski definition) is 2. The van der Waals surface area contributed by atoms with Crippen LogP contribution >= 0.6 is 0 Å². The number of nitrogens with zero attached hydrogens (tertiary/aromatic N) is 2. The van der Waals surface area contributed by atoms with Gasteiger partial charge in [0.05, 0.1) is 0 Å². The van der Waals surface area contributed by atoms with E-state index in [0.29, 0.717) is 0 Å². The molecule has 0 aliphatic heterocycles. The molecule has 0 fully saturated rings. The Kier molecular flexibility index (Phi) is 5.93. The maximum Gasteiger partial charge on any atom is -0.00106 e. The van der Waals surface area contributed by atoms with E-state index >= 15 is 0 Å². The van der Waals surface area contributed by atoms with Crippen LogP contribution in [0.5, 0.6) is 0 Å². The molecule has 0 amide bonds. The molecule has 2 aromatic carbocycles. The molecule has 2 heteroatoms. The Morgan fingerprint density at radius 1 is 0.760 bits per heavy atom. The van der Waals surface area contributed by atoms with Gasteiger partial charge in [-0.2, -0.15) is 0 Å². The monoisotopic (exact) mass is 336 g/mol. The quantitative estimate of drug-likeness (QED) is 0.607. The lowest BCUT2D eigenvalue weighted by Gasteiger charge is -2.17. The summed E-state index contributed by atoms with van der Waals surface area (Å²) in [5.41, 5.74) is 9.23.